The van der Waals surface area contributed by atoms with E-state index in [1.54, 1.807) is 17.1 Å². The third-order valence-corrected chi connectivity index (χ3v) is 3.55. The van der Waals surface area contributed by atoms with Crippen molar-refractivity contribution in [3.8, 4) is 0 Å². The summed E-state index contributed by atoms with van der Waals surface area (Å²) >= 11 is 3.47. The van der Waals surface area contributed by atoms with Gasteiger partial charge in [-0.1, -0.05) is 6.07 Å². The van der Waals surface area contributed by atoms with Crippen molar-refractivity contribution in [3.05, 3.63) is 46.0 Å². The first kappa shape index (κ1) is 14.7. The Morgan fingerprint density at radius 2 is 2.20 bits per heavy atom. The number of nitrogens with zero attached hydrogens (tertiary/aromatic N) is 2. The molecule has 0 radical (unpaired) electrons. The van der Waals surface area contributed by atoms with E-state index in [1.807, 2.05) is 26.0 Å². The Kier molecular flexibility index (Phi) is 4.57. The molecule has 2 aromatic rings. The highest BCUT2D eigenvalue weighted by Crippen LogP contribution is 2.28. The highest BCUT2D eigenvalue weighted by Gasteiger charge is 2.13. The minimum Gasteiger partial charge on any atom is -0.335 e. The van der Waals surface area contributed by atoms with E-state index in [0.29, 0.717) is 18.8 Å². The summed E-state index contributed by atoms with van der Waals surface area (Å²) in [6, 6.07) is 3.99. The Hall–Kier alpha value is -1.66. The molecule has 3 N–H and O–H groups in total. The van der Waals surface area contributed by atoms with Gasteiger partial charge in [0.1, 0.15) is 5.69 Å². The predicted molar refractivity (Wildman–Crippen MR) is 82.9 cm³/mol. The molecule has 5 nitrogen and oxygen atoms in total. The minimum absolute atomic E-state index is 0.228. The Bertz CT molecular complexity index is 613. The fourth-order valence-electron chi connectivity index (χ4n) is 2.00. The predicted octanol–water partition coefficient (Wildman–Crippen LogP) is 2.47. The number of hydrogen-bond acceptors (Lipinski definition) is 3. The lowest BCUT2D eigenvalue weighted by Crippen LogP contribution is -2.14. The molecule has 0 spiro atoms. The van der Waals surface area contributed by atoms with Gasteiger partial charge in [0.25, 0.3) is 5.91 Å². The number of hydrogen-bond donors (Lipinski definition) is 2. The van der Waals surface area contributed by atoms with E-state index in [4.69, 9.17) is 5.73 Å². The molecule has 0 aliphatic carbocycles. The molecule has 0 aliphatic heterocycles. The number of aryl methyl sites for hydroxylation is 2. The lowest BCUT2D eigenvalue weighted by molar-refractivity contribution is 0.102. The van der Waals surface area contributed by atoms with Crippen molar-refractivity contribution in [1.82, 2.24) is 9.55 Å². The number of carbonyl (C=O) groups is 1. The normalized spacial score (nSPS) is 10.6. The second kappa shape index (κ2) is 6.19. The van der Waals surface area contributed by atoms with Gasteiger partial charge in [-0.25, -0.2) is 4.98 Å². The van der Waals surface area contributed by atoms with Gasteiger partial charge in [0, 0.05) is 23.8 Å². The average molecular weight is 337 g/mol. The molecule has 1 heterocycles. The summed E-state index contributed by atoms with van der Waals surface area (Å²) in [5.74, 6) is -0.228. The van der Waals surface area contributed by atoms with Crippen LogP contribution in [0.2, 0.25) is 0 Å². The number of carbonyl (C=O) groups excluding carboxylic acids is 1. The molecule has 2 rings (SSSR count). The lowest BCUT2D eigenvalue weighted by Gasteiger charge is -2.10. The standard InChI is InChI=1S/C14H17BrN4O/c1-9-5-10(2)13(11(15)6-9)18-14(20)12-7-19(4-3-16)8-17-12/h5-8H,3-4,16H2,1-2H3,(H,18,20). The number of benzene rings is 1. The van der Waals surface area contributed by atoms with Crippen molar-refractivity contribution in [1.29, 1.82) is 0 Å². The monoisotopic (exact) mass is 336 g/mol. The zero-order chi connectivity index (χ0) is 14.7. The van der Waals surface area contributed by atoms with Crippen LogP contribution in [0.15, 0.2) is 29.1 Å². The fraction of sp³-hybridized carbons (Fsp3) is 0.286. The first-order valence-electron chi connectivity index (χ1n) is 6.31. The van der Waals surface area contributed by atoms with Crippen LogP contribution in [0.4, 0.5) is 5.69 Å². The summed E-state index contributed by atoms with van der Waals surface area (Å²) < 4.78 is 2.66. The summed E-state index contributed by atoms with van der Waals surface area (Å²) in [6.45, 7) is 5.13. The van der Waals surface area contributed by atoms with E-state index in [0.717, 1.165) is 21.3 Å². The number of amides is 1. The zero-order valence-corrected chi connectivity index (χ0v) is 13.1. The van der Waals surface area contributed by atoms with Crippen molar-refractivity contribution in [2.24, 2.45) is 5.73 Å². The van der Waals surface area contributed by atoms with Gasteiger partial charge in [-0.05, 0) is 47.0 Å². The quantitative estimate of drug-likeness (QED) is 0.900. The SMILES string of the molecule is Cc1cc(C)c(NC(=O)c2cn(CCN)cn2)c(Br)c1. The number of nitrogens with two attached hydrogens (primary N) is 1. The molecule has 0 saturated heterocycles. The maximum Gasteiger partial charge on any atom is 0.275 e. The molecule has 1 aromatic heterocycles. The fourth-order valence-corrected chi connectivity index (χ4v) is 2.77. The minimum atomic E-state index is -0.228. The van der Waals surface area contributed by atoms with E-state index in [1.165, 1.54) is 0 Å². The number of nitrogens with one attached hydrogen (secondary N) is 1. The molecule has 1 amide bonds. The number of halogens is 1. The van der Waals surface area contributed by atoms with E-state index in [2.05, 4.69) is 26.2 Å². The van der Waals surface area contributed by atoms with Crippen LogP contribution in [-0.2, 0) is 6.54 Å². The van der Waals surface area contributed by atoms with Gasteiger partial charge in [-0.15, -0.1) is 0 Å². The van der Waals surface area contributed by atoms with E-state index >= 15 is 0 Å². The van der Waals surface area contributed by atoms with Gasteiger partial charge in [0.05, 0.1) is 12.0 Å². The van der Waals surface area contributed by atoms with Crippen LogP contribution >= 0.6 is 15.9 Å². The van der Waals surface area contributed by atoms with Crippen LogP contribution in [0.25, 0.3) is 0 Å². The Morgan fingerprint density at radius 3 is 2.85 bits per heavy atom. The largest absolute Gasteiger partial charge is 0.335 e. The maximum absolute atomic E-state index is 12.2. The van der Waals surface area contributed by atoms with Crippen LogP contribution in [0.5, 0.6) is 0 Å². The van der Waals surface area contributed by atoms with Crippen LogP contribution in [0.3, 0.4) is 0 Å². The molecular formula is C14H17BrN4O. The molecule has 106 valence electrons. The molecule has 0 atom stereocenters. The molecule has 6 heteroatoms. The molecule has 0 bridgehead atoms. The van der Waals surface area contributed by atoms with Gasteiger partial charge in [-0.3, -0.25) is 4.79 Å². The second-order valence-corrected chi connectivity index (χ2v) is 5.53. The Morgan fingerprint density at radius 1 is 1.45 bits per heavy atom. The summed E-state index contributed by atoms with van der Waals surface area (Å²) in [5.41, 5.74) is 8.76. The molecule has 0 unspecified atom stereocenters. The smallest absolute Gasteiger partial charge is 0.275 e. The van der Waals surface area contributed by atoms with Crippen molar-refractivity contribution in [3.63, 3.8) is 0 Å². The van der Waals surface area contributed by atoms with Crippen molar-refractivity contribution < 1.29 is 4.79 Å². The summed E-state index contributed by atoms with van der Waals surface area (Å²) in [6.07, 6.45) is 3.30. The lowest BCUT2D eigenvalue weighted by atomic mass is 10.1. The molecule has 0 fully saturated rings. The summed E-state index contributed by atoms with van der Waals surface area (Å²) in [4.78, 5) is 16.3. The molecule has 1 aromatic carbocycles. The number of aromatic nitrogens is 2. The first-order chi connectivity index (χ1) is 9.51. The van der Waals surface area contributed by atoms with Crippen LogP contribution in [-0.4, -0.2) is 22.0 Å². The molecule has 0 aliphatic rings. The number of anilines is 1. The molecule has 20 heavy (non-hydrogen) atoms. The van der Waals surface area contributed by atoms with Crippen molar-refractivity contribution >= 4 is 27.5 Å². The molecular weight excluding hydrogens is 320 g/mol. The topological polar surface area (TPSA) is 72.9 Å². The van der Waals surface area contributed by atoms with Gasteiger partial charge < -0.3 is 15.6 Å². The van der Waals surface area contributed by atoms with E-state index in [9.17, 15) is 4.79 Å². The van der Waals surface area contributed by atoms with Crippen LogP contribution < -0.4 is 11.1 Å². The van der Waals surface area contributed by atoms with Crippen molar-refractivity contribution in [2.75, 3.05) is 11.9 Å². The zero-order valence-electron chi connectivity index (χ0n) is 11.5. The number of rotatable bonds is 4. The Balaban J connectivity index is 2.19. The van der Waals surface area contributed by atoms with Gasteiger partial charge in [0.15, 0.2) is 0 Å². The third kappa shape index (κ3) is 3.26. The van der Waals surface area contributed by atoms with Crippen LogP contribution in [0.1, 0.15) is 21.6 Å². The average Bonchev–Trinajstić information content (AvgIpc) is 2.82. The Labute approximate surface area is 126 Å². The first-order valence-corrected chi connectivity index (χ1v) is 7.10. The van der Waals surface area contributed by atoms with Gasteiger partial charge >= 0.3 is 0 Å². The number of imidazole rings is 1. The highest BCUT2D eigenvalue weighted by molar-refractivity contribution is 9.10. The van der Waals surface area contributed by atoms with Crippen molar-refractivity contribution in [2.45, 2.75) is 20.4 Å². The van der Waals surface area contributed by atoms with E-state index in [-0.39, 0.29) is 5.91 Å². The van der Waals surface area contributed by atoms with E-state index < -0.39 is 0 Å². The third-order valence-electron chi connectivity index (χ3n) is 2.92. The van der Waals surface area contributed by atoms with Crippen LogP contribution in [0, 0.1) is 13.8 Å². The highest BCUT2D eigenvalue weighted by atomic mass is 79.9. The second-order valence-electron chi connectivity index (χ2n) is 4.68. The van der Waals surface area contributed by atoms with Gasteiger partial charge in [0.2, 0.25) is 0 Å². The maximum atomic E-state index is 12.2. The van der Waals surface area contributed by atoms with Gasteiger partial charge in [-0.2, -0.15) is 0 Å². The summed E-state index contributed by atoms with van der Waals surface area (Å²) in [5, 5.41) is 2.88. The molecule has 0 saturated carbocycles. The summed E-state index contributed by atoms with van der Waals surface area (Å²) in [7, 11) is 0.